The predicted octanol–water partition coefficient (Wildman–Crippen LogP) is 6.20. The number of carbonyl (C=O) groups is 1. The smallest absolute Gasteiger partial charge is 0.256 e. The number of amides is 1. The predicted molar refractivity (Wildman–Crippen MR) is 129 cm³/mol. The number of aromatic nitrogens is 1. The molecule has 4 rings (SSSR count). The van der Waals surface area contributed by atoms with Crippen molar-refractivity contribution < 1.29 is 4.79 Å². The molecule has 0 radical (unpaired) electrons. The summed E-state index contributed by atoms with van der Waals surface area (Å²) in [5.74, 6) is -0.146. The lowest BCUT2D eigenvalue weighted by molar-refractivity contribution is 0.102. The molecule has 4 aromatic rings. The highest BCUT2D eigenvalue weighted by atomic mass is 32.1. The Morgan fingerprint density at radius 3 is 2.29 bits per heavy atom. The second-order valence-electron chi connectivity index (χ2n) is 7.10. The Labute approximate surface area is 185 Å². The van der Waals surface area contributed by atoms with Gasteiger partial charge in [0.2, 0.25) is 0 Å². The SMILES string of the molecule is C=CCn1c(-c2ccc(C)cc2)c(NC(=O)c2ccccc2)sc1=Nc1ccccc1. The number of rotatable bonds is 6. The van der Waals surface area contributed by atoms with Gasteiger partial charge in [-0.05, 0) is 31.2 Å². The molecule has 0 fully saturated rings. The fourth-order valence-electron chi connectivity index (χ4n) is 3.26. The summed E-state index contributed by atoms with van der Waals surface area (Å²) >= 11 is 1.46. The summed E-state index contributed by atoms with van der Waals surface area (Å²) in [6, 6.07) is 27.3. The van der Waals surface area contributed by atoms with Crippen molar-refractivity contribution in [3.63, 3.8) is 0 Å². The summed E-state index contributed by atoms with van der Waals surface area (Å²) in [7, 11) is 0. The number of hydrogen-bond donors (Lipinski definition) is 1. The number of allylic oxidation sites excluding steroid dienone is 1. The number of thiazole rings is 1. The van der Waals surface area contributed by atoms with Crippen molar-refractivity contribution in [2.45, 2.75) is 13.5 Å². The lowest BCUT2D eigenvalue weighted by Gasteiger charge is -2.11. The number of nitrogens with zero attached hydrogens (tertiary/aromatic N) is 2. The van der Waals surface area contributed by atoms with Crippen LogP contribution in [-0.4, -0.2) is 10.5 Å². The minimum atomic E-state index is -0.146. The number of hydrogen-bond acceptors (Lipinski definition) is 3. The lowest BCUT2D eigenvalue weighted by atomic mass is 10.1. The van der Waals surface area contributed by atoms with Crippen LogP contribution in [0.15, 0.2) is 103 Å². The van der Waals surface area contributed by atoms with E-state index in [2.05, 4.69) is 47.7 Å². The molecule has 31 heavy (non-hydrogen) atoms. The maximum atomic E-state index is 12.9. The van der Waals surface area contributed by atoms with Crippen LogP contribution in [0.3, 0.4) is 0 Å². The van der Waals surface area contributed by atoms with Gasteiger partial charge >= 0.3 is 0 Å². The molecule has 0 spiro atoms. The van der Waals surface area contributed by atoms with Crippen LogP contribution in [0.25, 0.3) is 11.3 Å². The average Bonchev–Trinajstić information content (AvgIpc) is 3.12. The molecule has 1 amide bonds. The highest BCUT2D eigenvalue weighted by Gasteiger charge is 2.18. The van der Waals surface area contributed by atoms with Gasteiger partial charge in [0, 0.05) is 17.7 Å². The van der Waals surface area contributed by atoms with Crippen LogP contribution in [0.2, 0.25) is 0 Å². The standard InChI is InChI=1S/C26H23N3OS/c1-3-18-29-23(20-16-14-19(2)15-17-20)25(28-24(30)21-10-6-4-7-11-21)31-26(29)27-22-12-8-5-9-13-22/h3-17H,1,18H2,2H3,(H,28,30). The van der Waals surface area contributed by atoms with E-state index in [-0.39, 0.29) is 5.91 Å². The normalized spacial score (nSPS) is 11.3. The van der Waals surface area contributed by atoms with Gasteiger partial charge in [-0.3, -0.25) is 4.79 Å². The van der Waals surface area contributed by atoms with E-state index < -0.39 is 0 Å². The zero-order chi connectivity index (χ0) is 21.6. The number of para-hydroxylation sites is 1. The highest BCUT2D eigenvalue weighted by Crippen LogP contribution is 2.32. The monoisotopic (exact) mass is 425 g/mol. The van der Waals surface area contributed by atoms with E-state index in [1.165, 1.54) is 16.9 Å². The molecular formula is C26H23N3OS. The van der Waals surface area contributed by atoms with Crippen LogP contribution in [0.1, 0.15) is 15.9 Å². The Morgan fingerprint density at radius 1 is 1.00 bits per heavy atom. The Morgan fingerprint density at radius 2 is 1.65 bits per heavy atom. The molecule has 0 saturated carbocycles. The van der Waals surface area contributed by atoms with E-state index in [9.17, 15) is 4.79 Å². The minimum absolute atomic E-state index is 0.146. The van der Waals surface area contributed by atoms with Crippen LogP contribution in [0.5, 0.6) is 0 Å². The van der Waals surface area contributed by atoms with E-state index in [0.717, 1.165) is 26.7 Å². The van der Waals surface area contributed by atoms with Crippen molar-refractivity contribution in [2.24, 2.45) is 4.99 Å². The summed E-state index contributed by atoms with van der Waals surface area (Å²) in [4.78, 5) is 18.6. The minimum Gasteiger partial charge on any atom is -0.312 e. The van der Waals surface area contributed by atoms with Gasteiger partial charge in [0.25, 0.3) is 5.91 Å². The molecule has 0 unspecified atom stereocenters. The summed E-state index contributed by atoms with van der Waals surface area (Å²) in [6.07, 6.45) is 1.84. The van der Waals surface area contributed by atoms with Gasteiger partial charge in [-0.25, -0.2) is 4.99 Å². The highest BCUT2D eigenvalue weighted by molar-refractivity contribution is 7.14. The number of nitrogens with one attached hydrogen (secondary N) is 1. The van der Waals surface area contributed by atoms with Gasteiger partial charge in [0.05, 0.1) is 11.4 Å². The first kappa shape index (κ1) is 20.6. The van der Waals surface area contributed by atoms with E-state index in [1.807, 2.05) is 66.7 Å². The Balaban J connectivity index is 1.88. The molecule has 1 aromatic heterocycles. The average molecular weight is 426 g/mol. The molecule has 154 valence electrons. The summed E-state index contributed by atoms with van der Waals surface area (Å²) in [6.45, 7) is 6.56. The zero-order valence-corrected chi connectivity index (χ0v) is 18.1. The second kappa shape index (κ2) is 9.41. The first-order valence-electron chi connectivity index (χ1n) is 10.0. The van der Waals surface area contributed by atoms with Gasteiger partial charge in [0.1, 0.15) is 5.00 Å². The number of benzene rings is 3. The third-order valence-corrected chi connectivity index (χ3v) is 5.78. The van der Waals surface area contributed by atoms with Crippen molar-refractivity contribution >= 4 is 27.9 Å². The molecule has 3 aromatic carbocycles. The summed E-state index contributed by atoms with van der Waals surface area (Å²) in [5, 5.41) is 3.87. The largest absolute Gasteiger partial charge is 0.312 e. The summed E-state index contributed by atoms with van der Waals surface area (Å²) < 4.78 is 2.09. The third-order valence-electron chi connectivity index (χ3n) is 4.79. The van der Waals surface area contributed by atoms with Gasteiger partial charge in [0.15, 0.2) is 4.80 Å². The number of aryl methyl sites for hydroxylation is 1. The Kier molecular flexibility index (Phi) is 6.24. The molecular weight excluding hydrogens is 402 g/mol. The maximum absolute atomic E-state index is 12.9. The van der Waals surface area contributed by atoms with Crippen LogP contribution >= 0.6 is 11.3 Å². The molecule has 4 nitrogen and oxygen atoms in total. The zero-order valence-electron chi connectivity index (χ0n) is 17.3. The molecule has 0 aliphatic carbocycles. The quantitative estimate of drug-likeness (QED) is 0.368. The van der Waals surface area contributed by atoms with Crippen molar-refractivity contribution in [3.05, 3.63) is 114 Å². The van der Waals surface area contributed by atoms with Gasteiger partial charge < -0.3 is 9.88 Å². The molecule has 5 heteroatoms. The van der Waals surface area contributed by atoms with Crippen molar-refractivity contribution in [3.8, 4) is 11.3 Å². The van der Waals surface area contributed by atoms with Crippen LogP contribution in [0.4, 0.5) is 10.7 Å². The molecule has 0 atom stereocenters. The molecule has 1 heterocycles. The van der Waals surface area contributed by atoms with Gasteiger partial charge in [-0.1, -0.05) is 83.6 Å². The Hall–Kier alpha value is -3.70. The van der Waals surface area contributed by atoms with Crippen molar-refractivity contribution in [1.82, 2.24) is 4.57 Å². The fourth-order valence-corrected chi connectivity index (χ4v) is 4.33. The first-order valence-corrected chi connectivity index (χ1v) is 10.8. The molecule has 0 bridgehead atoms. The third kappa shape index (κ3) is 4.73. The summed E-state index contributed by atoms with van der Waals surface area (Å²) in [5.41, 5.74) is 4.59. The van der Waals surface area contributed by atoms with Crippen LogP contribution in [-0.2, 0) is 6.54 Å². The van der Waals surface area contributed by atoms with Gasteiger partial charge in [-0.15, -0.1) is 6.58 Å². The van der Waals surface area contributed by atoms with E-state index in [1.54, 1.807) is 0 Å². The van der Waals surface area contributed by atoms with Crippen molar-refractivity contribution in [1.29, 1.82) is 0 Å². The molecule has 1 N–H and O–H groups in total. The topological polar surface area (TPSA) is 46.4 Å². The van der Waals surface area contributed by atoms with Gasteiger partial charge in [-0.2, -0.15) is 0 Å². The number of carbonyl (C=O) groups excluding carboxylic acids is 1. The Bertz CT molecular complexity index is 1250. The van der Waals surface area contributed by atoms with E-state index >= 15 is 0 Å². The molecule has 0 aliphatic rings. The van der Waals surface area contributed by atoms with Crippen LogP contribution < -0.4 is 10.1 Å². The van der Waals surface area contributed by atoms with E-state index in [4.69, 9.17) is 4.99 Å². The number of anilines is 1. The van der Waals surface area contributed by atoms with Crippen LogP contribution in [0, 0.1) is 6.92 Å². The second-order valence-corrected chi connectivity index (χ2v) is 8.07. The maximum Gasteiger partial charge on any atom is 0.256 e. The van der Waals surface area contributed by atoms with Crippen molar-refractivity contribution in [2.75, 3.05) is 5.32 Å². The molecule has 0 saturated heterocycles. The lowest BCUT2D eigenvalue weighted by Crippen LogP contribution is -2.15. The first-order chi connectivity index (χ1) is 15.2. The fraction of sp³-hybridized carbons (Fsp3) is 0.0769. The van der Waals surface area contributed by atoms with E-state index in [0.29, 0.717) is 12.1 Å². The molecule has 0 aliphatic heterocycles.